The first-order chi connectivity index (χ1) is 13.0. The molecule has 1 saturated heterocycles. The van der Waals surface area contributed by atoms with Gasteiger partial charge in [0, 0.05) is 23.7 Å². The van der Waals surface area contributed by atoms with E-state index in [0.717, 1.165) is 0 Å². The van der Waals surface area contributed by atoms with Crippen LogP contribution in [0.4, 0.5) is 11.4 Å². The second-order valence-electron chi connectivity index (χ2n) is 6.14. The van der Waals surface area contributed by atoms with Crippen LogP contribution in [0.2, 0.25) is 5.02 Å². The number of halogens is 1. The van der Waals surface area contributed by atoms with Crippen LogP contribution in [0.5, 0.6) is 0 Å². The SMILES string of the molecule is CCOC(=O)c1ccccc1N1CC(C(=O)Nc2ccc(Cl)cc2)CC1=O. The number of hydrogen-bond donors (Lipinski definition) is 1. The van der Waals surface area contributed by atoms with Gasteiger partial charge < -0.3 is 15.0 Å². The first kappa shape index (κ1) is 18.9. The molecular weight excluding hydrogens is 368 g/mol. The van der Waals surface area contributed by atoms with Crippen LogP contribution in [0.25, 0.3) is 0 Å². The first-order valence-electron chi connectivity index (χ1n) is 8.62. The van der Waals surface area contributed by atoms with Crippen molar-refractivity contribution < 1.29 is 19.1 Å². The molecule has 27 heavy (non-hydrogen) atoms. The Morgan fingerprint density at radius 2 is 1.89 bits per heavy atom. The summed E-state index contributed by atoms with van der Waals surface area (Å²) in [7, 11) is 0. The van der Waals surface area contributed by atoms with Crippen LogP contribution in [0.15, 0.2) is 48.5 Å². The minimum absolute atomic E-state index is 0.0799. The van der Waals surface area contributed by atoms with Crippen LogP contribution in [0, 0.1) is 5.92 Å². The molecule has 3 rings (SSSR count). The number of nitrogens with one attached hydrogen (secondary N) is 1. The number of carbonyl (C=O) groups excluding carboxylic acids is 3. The van der Waals surface area contributed by atoms with Gasteiger partial charge in [-0.25, -0.2) is 4.79 Å². The van der Waals surface area contributed by atoms with E-state index in [2.05, 4.69) is 5.32 Å². The van der Waals surface area contributed by atoms with Gasteiger partial charge in [-0.2, -0.15) is 0 Å². The molecule has 0 saturated carbocycles. The number of rotatable bonds is 5. The molecule has 2 aromatic carbocycles. The third-order valence-corrected chi connectivity index (χ3v) is 4.55. The summed E-state index contributed by atoms with van der Waals surface area (Å²) >= 11 is 5.84. The van der Waals surface area contributed by atoms with Crippen molar-refractivity contribution in [2.75, 3.05) is 23.4 Å². The Kier molecular flexibility index (Phi) is 5.76. The lowest BCUT2D eigenvalue weighted by atomic mass is 10.1. The van der Waals surface area contributed by atoms with Crippen LogP contribution in [0.1, 0.15) is 23.7 Å². The van der Waals surface area contributed by atoms with Gasteiger partial charge in [-0.05, 0) is 43.3 Å². The van der Waals surface area contributed by atoms with Crippen LogP contribution < -0.4 is 10.2 Å². The zero-order valence-corrected chi connectivity index (χ0v) is 15.5. The van der Waals surface area contributed by atoms with Gasteiger partial charge in [-0.15, -0.1) is 0 Å². The molecule has 1 N–H and O–H groups in total. The first-order valence-corrected chi connectivity index (χ1v) is 9.00. The largest absolute Gasteiger partial charge is 0.462 e. The van der Waals surface area contributed by atoms with E-state index >= 15 is 0 Å². The standard InChI is InChI=1S/C20H19ClN2O4/c1-2-27-20(26)16-5-3-4-6-17(16)23-12-13(11-18(23)24)19(25)22-15-9-7-14(21)8-10-15/h3-10,13H,2,11-12H2,1H3,(H,22,25). The molecule has 0 spiro atoms. The molecule has 0 aliphatic carbocycles. The molecule has 0 bridgehead atoms. The summed E-state index contributed by atoms with van der Waals surface area (Å²) in [5.41, 5.74) is 1.39. The number of carbonyl (C=O) groups is 3. The maximum atomic E-state index is 12.5. The summed E-state index contributed by atoms with van der Waals surface area (Å²) in [6.45, 7) is 2.17. The third-order valence-electron chi connectivity index (χ3n) is 4.30. The van der Waals surface area contributed by atoms with Crippen molar-refractivity contribution >= 4 is 40.8 Å². The van der Waals surface area contributed by atoms with Gasteiger partial charge in [0.1, 0.15) is 0 Å². The van der Waals surface area contributed by atoms with E-state index in [9.17, 15) is 14.4 Å². The monoisotopic (exact) mass is 386 g/mol. The van der Waals surface area contributed by atoms with E-state index in [1.165, 1.54) is 4.90 Å². The van der Waals surface area contributed by atoms with Gasteiger partial charge in [0.25, 0.3) is 0 Å². The van der Waals surface area contributed by atoms with Gasteiger partial charge >= 0.3 is 5.97 Å². The predicted molar refractivity (Wildman–Crippen MR) is 103 cm³/mol. The molecule has 1 aliphatic rings. The van der Waals surface area contributed by atoms with Crippen LogP contribution in [0.3, 0.4) is 0 Å². The number of hydrogen-bond acceptors (Lipinski definition) is 4. The zero-order chi connectivity index (χ0) is 19.4. The van der Waals surface area contributed by atoms with Crippen molar-refractivity contribution in [1.29, 1.82) is 0 Å². The minimum Gasteiger partial charge on any atom is -0.462 e. The van der Waals surface area contributed by atoms with E-state index in [0.29, 0.717) is 22.0 Å². The molecule has 1 aliphatic heterocycles. The fraction of sp³-hybridized carbons (Fsp3) is 0.250. The Bertz CT molecular complexity index is 867. The Labute approximate surface area is 162 Å². The van der Waals surface area contributed by atoms with E-state index in [1.54, 1.807) is 55.5 Å². The molecule has 0 aromatic heterocycles. The predicted octanol–water partition coefficient (Wildman–Crippen LogP) is 3.51. The molecule has 140 valence electrons. The van der Waals surface area contributed by atoms with E-state index in [4.69, 9.17) is 16.3 Å². The van der Waals surface area contributed by atoms with Crippen molar-refractivity contribution in [3.63, 3.8) is 0 Å². The fourth-order valence-corrected chi connectivity index (χ4v) is 3.11. The molecule has 7 heteroatoms. The maximum Gasteiger partial charge on any atom is 0.340 e. The molecule has 1 unspecified atom stereocenters. The molecular formula is C20H19ClN2O4. The van der Waals surface area contributed by atoms with Crippen molar-refractivity contribution in [2.24, 2.45) is 5.92 Å². The third kappa shape index (κ3) is 4.28. The van der Waals surface area contributed by atoms with Crippen molar-refractivity contribution in [3.05, 3.63) is 59.1 Å². The second kappa shape index (κ2) is 8.22. The lowest BCUT2D eigenvalue weighted by Gasteiger charge is -2.19. The quantitative estimate of drug-likeness (QED) is 0.798. The van der Waals surface area contributed by atoms with Crippen LogP contribution in [-0.4, -0.2) is 30.9 Å². The van der Waals surface area contributed by atoms with E-state index < -0.39 is 11.9 Å². The van der Waals surface area contributed by atoms with Crippen LogP contribution in [-0.2, 0) is 14.3 Å². The summed E-state index contributed by atoms with van der Waals surface area (Å²) in [5, 5.41) is 3.37. The second-order valence-corrected chi connectivity index (χ2v) is 6.58. The van der Waals surface area contributed by atoms with Gasteiger partial charge in [-0.1, -0.05) is 23.7 Å². The molecule has 1 heterocycles. The number of anilines is 2. The highest BCUT2D eigenvalue weighted by Crippen LogP contribution is 2.29. The normalized spacial score (nSPS) is 16.3. The average molecular weight is 387 g/mol. The Hall–Kier alpha value is -2.86. The van der Waals surface area contributed by atoms with Crippen molar-refractivity contribution in [1.82, 2.24) is 0 Å². The minimum atomic E-state index is -0.511. The number of ether oxygens (including phenoxy) is 1. The number of amides is 2. The summed E-state index contributed by atoms with van der Waals surface area (Å²) in [5.74, 6) is -1.46. The van der Waals surface area contributed by atoms with Gasteiger partial charge in [-0.3, -0.25) is 9.59 Å². The maximum absolute atomic E-state index is 12.5. The topological polar surface area (TPSA) is 75.7 Å². The Morgan fingerprint density at radius 3 is 2.59 bits per heavy atom. The van der Waals surface area contributed by atoms with Gasteiger partial charge in [0.2, 0.25) is 11.8 Å². The van der Waals surface area contributed by atoms with Crippen molar-refractivity contribution in [3.8, 4) is 0 Å². The highest BCUT2D eigenvalue weighted by atomic mass is 35.5. The van der Waals surface area contributed by atoms with E-state index in [-0.39, 0.29) is 31.4 Å². The average Bonchev–Trinajstić information content (AvgIpc) is 3.05. The lowest BCUT2D eigenvalue weighted by molar-refractivity contribution is -0.122. The van der Waals surface area contributed by atoms with Gasteiger partial charge in [0.05, 0.1) is 23.8 Å². The summed E-state index contributed by atoms with van der Waals surface area (Å²) in [6.07, 6.45) is 0.0799. The Morgan fingerprint density at radius 1 is 1.19 bits per heavy atom. The zero-order valence-electron chi connectivity index (χ0n) is 14.8. The highest BCUT2D eigenvalue weighted by Gasteiger charge is 2.36. The van der Waals surface area contributed by atoms with Crippen LogP contribution >= 0.6 is 11.6 Å². The number of para-hydroxylation sites is 1. The molecule has 1 fully saturated rings. The number of benzene rings is 2. The molecule has 2 amide bonds. The summed E-state index contributed by atoms with van der Waals surface area (Å²) in [4.78, 5) is 38.7. The molecule has 6 nitrogen and oxygen atoms in total. The molecule has 0 radical (unpaired) electrons. The number of esters is 1. The van der Waals surface area contributed by atoms with Crippen molar-refractivity contribution in [2.45, 2.75) is 13.3 Å². The molecule has 1 atom stereocenters. The van der Waals surface area contributed by atoms with Gasteiger partial charge in [0.15, 0.2) is 0 Å². The highest BCUT2D eigenvalue weighted by molar-refractivity contribution is 6.30. The smallest absolute Gasteiger partial charge is 0.340 e. The molecule has 2 aromatic rings. The Balaban J connectivity index is 1.75. The number of nitrogens with zero attached hydrogens (tertiary/aromatic N) is 1. The summed E-state index contributed by atoms with van der Waals surface area (Å²) < 4.78 is 5.06. The fourth-order valence-electron chi connectivity index (χ4n) is 2.98. The summed E-state index contributed by atoms with van der Waals surface area (Å²) in [6, 6.07) is 13.5. The van der Waals surface area contributed by atoms with E-state index in [1.807, 2.05) is 0 Å². The lowest BCUT2D eigenvalue weighted by Crippen LogP contribution is -2.29.